The number of aryl methyl sites for hydroxylation is 1. The second-order valence-electron chi connectivity index (χ2n) is 11.2. The maximum absolute atomic E-state index is 13.9. The zero-order valence-corrected chi connectivity index (χ0v) is 22.2. The molecule has 0 saturated heterocycles. The zero-order chi connectivity index (χ0) is 25.7. The Bertz CT molecular complexity index is 835. The van der Waals surface area contributed by atoms with Crippen LogP contribution in [0.25, 0.3) is 0 Å². The minimum Gasteiger partial charge on any atom is -0.444 e. The fourth-order valence-corrected chi connectivity index (χ4v) is 3.54. The molecule has 2 unspecified atom stereocenters. The predicted octanol–water partition coefficient (Wildman–Crippen LogP) is 4.74. The molecule has 1 aromatic carbocycles. The van der Waals surface area contributed by atoms with Gasteiger partial charge in [0.05, 0.1) is 0 Å². The minimum atomic E-state index is -0.851. The first kappa shape index (κ1) is 28.5. The molecule has 186 valence electrons. The van der Waals surface area contributed by atoms with Crippen LogP contribution in [-0.4, -0.2) is 46.0 Å². The van der Waals surface area contributed by atoms with Crippen molar-refractivity contribution < 1.29 is 19.1 Å². The summed E-state index contributed by atoms with van der Waals surface area (Å²) >= 11 is 0. The normalized spacial score (nSPS) is 14.0. The van der Waals surface area contributed by atoms with Gasteiger partial charge in [-0.3, -0.25) is 9.59 Å². The van der Waals surface area contributed by atoms with Crippen LogP contribution in [0.5, 0.6) is 0 Å². The monoisotopic (exact) mass is 461 g/mol. The van der Waals surface area contributed by atoms with Gasteiger partial charge in [0.25, 0.3) is 0 Å². The Morgan fingerprint density at radius 1 is 0.939 bits per heavy atom. The fraction of sp³-hybridized carbons (Fsp3) is 0.654. The number of hydrogen-bond acceptors (Lipinski definition) is 4. The lowest BCUT2D eigenvalue weighted by atomic mass is 9.94. The van der Waals surface area contributed by atoms with Gasteiger partial charge in [0.2, 0.25) is 11.8 Å². The lowest BCUT2D eigenvalue weighted by Crippen LogP contribution is -2.57. The van der Waals surface area contributed by atoms with E-state index >= 15 is 0 Å². The van der Waals surface area contributed by atoms with E-state index in [0.717, 1.165) is 11.1 Å². The molecule has 1 aromatic rings. The zero-order valence-electron chi connectivity index (χ0n) is 22.2. The Balaban J connectivity index is 3.49. The van der Waals surface area contributed by atoms with Crippen LogP contribution in [0.15, 0.2) is 24.3 Å². The van der Waals surface area contributed by atoms with Crippen molar-refractivity contribution in [1.29, 1.82) is 0 Å². The second-order valence-corrected chi connectivity index (χ2v) is 11.2. The third kappa shape index (κ3) is 8.71. The van der Waals surface area contributed by atoms with E-state index in [9.17, 15) is 14.4 Å². The van der Waals surface area contributed by atoms with Crippen molar-refractivity contribution in [2.75, 3.05) is 0 Å². The Morgan fingerprint density at radius 3 is 1.91 bits per heavy atom. The predicted molar refractivity (Wildman–Crippen MR) is 132 cm³/mol. The maximum atomic E-state index is 13.9. The smallest absolute Gasteiger partial charge is 0.408 e. The van der Waals surface area contributed by atoms with Crippen LogP contribution in [0.2, 0.25) is 0 Å². The van der Waals surface area contributed by atoms with Gasteiger partial charge in [0, 0.05) is 11.6 Å². The summed E-state index contributed by atoms with van der Waals surface area (Å²) in [6, 6.07) is 5.57. The molecule has 7 heteroatoms. The molecule has 0 aliphatic heterocycles. The molecule has 0 aliphatic carbocycles. The molecule has 0 aliphatic rings. The van der Waals surface area contributed by atoms with E-state index in [1.54, 1.807) is 25.7 Å². The van der Waals surface area contributed by atoms with Gasteiger partial charge in [-0.2, -0.15) is 0 Å². The number of amides is 3. The first-order valence-electron chi connectivity index (χ1n) is 11.6. The fourth-order valence-electron chi connectivity index (χ4n) is 3.54. The molecule has 0 radical (unpaired) electrons. The van der Waals surface area contributed by atoms with Crippen molar-refractivity contribution in [2.24, 2.45) is 5.92 Å². The van der Waals surface area contributed by atoms with Gasteiger partial charge in [-0.15, -0.1) is 0 Å². The summed E-state index contributed by atoms with van der Waals surface area (Å²) in [5, 5.41) is 5.76. The molecule has 7 nitrogen and oxygen atoms in total. The molecule has 0 saturated carbocycles. The molecule has 2 atom stereocenters. The highest BCUT2D eigenvalue weighted by Gasteiger charge is 2.40. The number of rotatable bonds is 7. The second kappa shape index (κ2) is 11.0. The van der Waals surface area contributed by atoms with Crippen LogP contribution >= 0.6 is 0 Å². The quantitative estimate of drug-likeness (QED) is 0.614. The van der Waals surface area contributed by atoms with Gasteiger partial charge in [-0.05, 0) is 79.4 Å². The van der Waals surface area contributed by atoms with Crippen LogP contribution in [0.1, 0.15) is 86.4 Å². The first-order valence-corrected chi connectivity index (χ1v) is 11.6. The van der Waals surface area contributed by atoms with Gasteiger partial charge < -0.3 is 20.3 Å². The highest BCUT2D eigenvalue weighted by molar-refractivity contribution is 5.93. The van der Waals surface area contributed by atoms with E-state index in [0.29, 0.717) is 0 Å². The van der Waals surface area contributed by atoms with E-state index in [-0.39, 0.29) is 23.8 Å². The Morgan fingerprint density at radius 2 is 1.48 bits per heavy atom. The van der Waals surface area contributed by atoms with E-state index in [4.69, 9.17) is 4.74 Å². The molecule has 0 spiro atoms. The van der Waals surface area contributed by atoms with E-state index in [1.165, 1.54) is 0 Å². The number of alkyl carbamates (subject to hydrolysis) is 1. The average molecular weight is 462 g/mol. The average Bonchev–Trinajstić information content (AvgIpc) is 2.60. The summed E-state index contributed by atoms with van der Waals surface area (Å²) in [7, 11) is 0. The van der Waals surface area contributed by atoms with Crippen molar-refractivity contribution in [1.82, 2.24) is 15.5 Å². The lowest BCUT2D eigenvalue weighted by Gasteiger charge is -2.39. The number of carbonyl (C=O) groups excluding carboxylic acids is 3. The van der Waals surface area contributed by atoms with Gasteiger partial charge in [-0.1, -0.05) is 38.1 Å². The van der Waals surface area contributed by atoms with Crippen molar-refractivity contribution >= 4 is 17.9 Å². The number of hydrogen-bond donors (Lipinski definition) is 2. The molecule has 0 aromatic heterocycles. The Hall–Kier alpha value is -2.57. The number of ether oxygens (including phenoxy) is 1. The molecule has 0 fully saturated rings. The summed E-state index contributed by atoms with van der Waals surface area (Å²) in [6.07, 6.45) is -0.662. The SMILES string of the molecule is Cc1ccccc1C(C(=O)NC(C)(C)C)N(C(=O)C(NC(=O)OC(C)(C)C)C(C)C)C(C)C. The van der Waals surface area contributed by atoms with Gasteiger partial charge in [0.1, 0.15) is 17.7 Å². The molecule has 33 heavy (non-hydrogen) atoms. The first-order chi connectivity index (χ1) is 14.9. The van der Waals surface area contributed by atoms with Crippen molar-refractivity contribution in [3.63, 3.8) is 0 Å². The molecule has 1 rings (SSSR count). The largest absolute Gasteiger partial charge is 0.444 e. The van der Waals surface area contributed by atoms with Gasteiger partial charge >= 0.3 is 6.09 Å². The van der Waals surface area contributed by atoms with E-state index < -0.39 is 29.3 Å². The number of nitrogens with zero attached hydrogens (tertiary/aromatic N) is 1. The van der Waals surface area contributed by atoms with Crippen LogP contribution < -0.4 is 10.6 Å². The summed E-state index contributed by atoms with van der Waals surface area (Å²) in [5.74, 6) is -0.809. The number of carbonyl (C=O) groups is 3. The molecular weight excluding hydrogens is 418 g/mol. The van der Waals surface area contributed by atoms with Crippen LogP contribution in [0, 0.1) is 12.8 Å². The highest BCUT2D eigenvalue weighted by Crippen LogP contribution is 2.29. The topological polar surface area (TPSA) is 87.7 Å². The minimum absolute atomic E-state index is 0.213. The third-order valence-corrected chi connectivity index (χ3v) is 4.92. The van der Waals surface area contributed by atoms with Crippen molar-refractivity contribution in [3.8, 4) is 0 Å². The van der Waals surface area contributed by atoms with E-state index in [2.05, 4.69) is 10.6 Å². The molecular formula is C26H43N3O4. The summed E-state index contributed by atoms with van der Waals surface area (Å²) < 4.78 is 5.39. The highest BCUT2D eigenvalue weighted by atomic mass is 16.6. The third-order valence-electron chi connectivity index (χ3n) is 4.92. The molecule has 0 bridgehead atoms. The molecule has 0 heterocycles. The van der Waals surface area contributed by atoms with Crippen LogP contribution in [0.4, 0.5) is 4.79 Å². The van der Waals surface area contributed by atoms with E-state index in [1.807, 2.05) is 79.7 Å². The number of nitrogens with one attached hydrogen (secondary N) is 2. The summed E-state index contributed by atoms with van der Waals surface area (Å²) in [6.45, 7) is 20.4. The Labute approximate surface area is 199 Å². The lowest BCUT2D eigenvalue weighted by molar-refractivity contribution is -0.146. The van der Waals surface area contributed by atoms with Crippen molar-refractivity contribution in [2.45, 2.75) is 105 Å². The standard InChI is InChI=1S/C26H43N3O4/c1-16(2)20(27-24(32)33-26(9,10)11)23(31)29(17(3)4)21(22(30)28-25(6,7)8)19-15-13-12-14-18(19)5/h12-17,20-21H,1-11H3,(H,27,32)(H,28,30). The van der Waals surface area contributed by atoms with Gasteiger partial charge in [-0.25, -0.2) is 4.79 Å². The number of benzene rings is 1. The molecule has 2 N–H and O–H groups in total. The van der Waals surface area contributed by atoms with Gasteiger partial charge in [0.15, 0.2) is 0 Å². The molecule has 3 amide bonds. The summed E-state index contributed by atoms with van der Waals surface area (Å²) in [5.41, 5.74) is 0.491. The van der Waals surface area contributed by atoms with Crippen LogP contribution in [-0.2, 0) is 14.3 Å². The van der Waals surface area contributed by atoms with Crippen molar-refractivity contribution in [3.05, 3.63) is 35.4 Å². The Kier molecular flexibility index (Phi) is 9.52. The maximum Gasteiger partial charge on any atom is 0.408 e. The van der Waals surface area contributed by atoms with Crippen LogP contribution in [0.3, 0.4) is 0 Å². The summed E-state index contributed by atoms with van der Waals surface area (Å²) in [4.78, 5) is 41.5.